The normalized spacial score (nSPS) is 18.5. The van der Waals surface area contributed by atoms with E-state index < -0.39 is 0 Å². The summed E-state index contributed by atoms with van der Waals surface area (Å²) in [6.07, 6.45) is 2.46. The Balaban J connectivity index is 1.55. The van der Waals surface area contributed by atoms with Crippen molar-refractivity contribution in [2.45, 2.75) is 25.2 Å². The summed E-state index contributed by atoms with van der Waals surface area (Å²) in [5.41, 5.74) is 2.66. The van der Waals surface area contributed by atoms with Crippen molar-refractivity contribution in [1.29, 1.82) is 0 Å². The molecule has 0 aromatic heterocycles. The maximum Gasteiger partial charge on any atom is 0.258 e. The number of hydrogen-bond donors (Lipinski definition) is 0. The number of halogens is 1. The zero-order valence-electron chi connectivity index (χ0n) is 15.9. The molecule has 0 aliphatic carbocycles. The predicted molar refractivity (Wildman–Crippen MR) is 109 cm³/mol. The maximum absolute atomic E-state index is 13.2. The topological polar surface area (TPSA) is 49.9 Å². The minimum absolute atomic E-state index is 0.0674. The Kier molecular flexibility index (Phi) is 5.27. The van der Waals surface area contributed by atoms with Crippen LogP contribution in [0.1, 0.15) is 41.1 Å². The molecule has 5 nitrogen and oxygen atoms in total. The summed E-state index contributed by atoms with van der Waals surface area (Å²) in [7, 11) is 1.54. The molecule has 1 saturated heterocycles. The molecule has 4 rings (SSSR count). The number of para-hydroxylation sites is 1. The van der Waals surface area contributed by atoms with Crippen molar-refractivity contribution in [3.05, 3.63) is 58.6 Å². The number of methoxy groups -OCH3 is 1. The van der Waals surface area contributed by atoms with Gasteiger partial charge in [-0.3, -0.25) is 9.59 Å². The molecule has 146 valence electrons. The van der Waals surface area contributed by atoms with Crippen molar-refractivity contribution in [3.63, 3.8) is 0 Å². The number of rotatable bonds is 5. The summed E-state index contributed by atoms with van der Waals surface area (Å²) in [5, 5.41) is 0.481. The van der Waals surface area contributed by atoms with Crippen LogP contribution in [0.4, 0.5) is 5.69 Å². The molecule has 2 amide bonds. The molecule has 28 heavy (non-hydrogen) atoms. The smallest absolute Gasteiger partial charge is 0.258 e. The first kappa shape index (κ1) is 18.8. The van der Waals surface area contributed by atoms with Crippen LogP contribution in [0.25, 0.3) is 0 Å². The van der Waals surface area contributed by atoms with Crippen molar-refractivity contribution < 1.29 is 14.3 Å². The second-order valence-corrected chi connectivity index (χ2v) is 7.70. The molecule has 6 heteroatoms. The van der Waals surface area contributed by atoms with Crippen LogP contribution in [0.2, 0.25) is 5.02 Å². The lowest BCUT2D eigenvalue weighted by Crippen LogP contribution is -2.31. The summed E-state index contributed by atoms with van der Waals surface area (Å²) in [6.45, 7) is 2.21. The van der Waals surface area contributed by atoms with Crippen molar-refractivity contribution in [2.75, 3.05) is 31.6 Å². The third kappa shape index (κ3) is 3.47. The number of anilines is 1. The van der Waals surface area contributed by atoms with Gasteiger partial charge in [-0.1, -0.05) is 29.8 Å². The van der Waals surface area contributed by atoms with Crippen LogP contribution in [0.5, 0.6) is 5.75 Å². The average molecular weight is 399 g/mol. The molecule has 1 atom stereocenters. The van der Waals surface area contributed by atoms with Gasteiger partial charge in [0.2, 0.25) is 5.91 Å². The quantitative estimate of drug-likeness (QED) is 0.761. The van der Waals surface area contributed by atoms with E-state index in [9.17, 15) is 9.59 Å². The average Bonchev–Trinajstić information content (AvgIpc) is 3.29. The molecule has 2 aliphatic rings. The molecule has 2 heterocycles. The first-order valence-corrected chi connectivity index (χ1v) is 9.98. The Morgan fingerprint density at radius 1 is 1.25 bits per heavy atom. The maximum atomic E-state index is 13.2. The fourth-order valence-corrected chi connectivity index (χ4v) is 4.33. The van der Waals surface area contributed by atoms with E-state index in [1.54, 1.807) is 18.2 Å². The molecular formula is C22H23ClN2O3. The van der Waals surface area contributed by atoms with Gasteiger partial charge in [-0.25, -0.2) is 0 Å². The van der Waals surface area contributed by atoms with Crippen LogP contribution in [-0.4, -0.2) is 43.5 Å². The Hall–Kier alpha value is -2.53. The fourth-order valence-electron chi connectivity index (χ4n) is 4.14. The highest BCUT2D eigenvalue weighted by atomic mass is 35.5. The van der Waals surface area contributed by atoms with E-state index in [-0.39, 0.29) is 17.7 Å². The summed E-state index contributed by atoms with van der Waals surface area (Å²) in [4.78, 5) is 28.9. The molecule has 0 spiro atoms. The zero-order chi connectivity index (χ0) is 19.7. The first-order valence-electron chi connectivity index (χ1n) is 9.60. The van der Waals surface area contributed by atoms with Gasteiger partial charge in [0.05, 0.1) is 12.1 Å². The highest BCUT2D eigenvalue weighted by Crippen LogP contribution is 2.39. The van der Waals surface area contributed by atoms with E-state index in [1.165, 1.54) is 12.7 Å². The molecule has 1 unspecified atom stereocenters. The minimum atomic E-state index is -0.0674. The van der Waals surface area contributed by atoms with Crippen LogP contribution < -0.4 is 9.64 Å². The SMILES string of the molecule is COc1cc(C(=O)N2CC(CCN3CCCC3=O)c3ccccc32)ccc1Cl. The third-order valence-electron chi connectivity index (χ3n) is 5.63. The molecular weight excluding hydrogens is 376 g/mol. The number of hydrogen-bond acceptors (Lipinski definition) is 3. The third-order valence-corrected chi connectivity index (χ3v) is 5.94. The Labute approximate surface area is 169 Å². The van der Waals surface area contributed by atoms with Gasteiger partial charge in [0, 0.05) is 43.2 Å². The lowest BCUT2D eigenvalue weighted by molar-refractivity contribution is -0.127. The van der Waals surface area contributed by atoms with Gasteiger partial charge in [0.25, 0.3) is 5.91 Å². The number of ether oxygens (including phenoxy) is 1. The van der Waals surface area contributed by atoms with Crippen molar-refractivity contribution in [3.8, 4) is 5.75 Å². The second kappa shape index (κ2) is 7.84. The number of nitrogens with zero attached hydrogens (tertiary/aromatic N) is 2. The predicted octanol–water partition coefficient (Wildman–Crippen LogP) is 4.11. The van der Waals surface area contributed by atoms with Crippen LogP contribution in [0, 0.1) is 0 Å². The van der Waals surface area contributed by atoms with Gasteiger partial charge >= 0.3 is 0 Å². The Morgan fingerprint density at radius 2 is 2.07 bits per heavy atom. The Bertz CT molecular complexity index is 914. The minimum Gasteiger partial charge on any atom is -0.495 e. The van der Waals surface area contributed by atoms with Gasteiger partial charge < -0.3 is 14.5 Å². The fraction of sp³-hybridized carbons (Fsp3) is 0.364. The van der Waals surface area contributed by atoms with Gasteiger partial charge in [0.15, 0.2) is 0 Å². The van der Waals surface area contributed by atoms with Crippen LogP contribution in [0.3, 0.4) is 0 Å². The number of carbonyl (C=O) groups is 2. The van der Waals surface area contributed by atoms with Crippen molar-refractivity contribution in [1.82, 2.24) is 4.90 Å². The first-order chi connectivity index (χ1) is 13.6. The monoisotopic (exact) mass is 398 g/mol. The summed E-state index contributed by atoms with van der Waals surface area (Å²) in [6, 6.07) is 13.1. The van der Waals surface area contributed by atoms with E-state index in [4.69, 9.17) is 16.3 Å². The highest BCUT2D eigenvalue weighted by molar-refractivity contribution is 6.32. The van der Waals surface area contributed by atoms with Crippen LogP contribution >= 0.6 is 11.6 Å². The molecule has 0 N–H and O–H groups in total. The van der Waals surface area contributed by atoms with Crippen LogP contribution in [0.15, 0.2) is 42.5 Å². The lowest BCUT2D eigenvalue weighted by atomic mass is 9.98. The number of benzene rings is 2. The van der Waals surface area contributed by atoms with Gasteiger partial charge in [-0.15, -0.1) is 0 Å². The molecule has 0 bridgehead atoms. The summed E-state index contributed by atoms with van der Waals surface area (Å²) < 4.78 is 5.25. The molecule has 1 fully saturated rings. The Morgan fingerprint density at radius 3 is 2.82 bits per heavy atom. The molecule has 0 radical (unpaired) electrons. The van der Waals surface area contributed by atoms with E-state index in [1.807, 2.05) is 28.0 Å². The highest BCUT2D eigenvalue weighted by Gasteiger charge is 2.33. The lowest BCUT2D eigenvalue weighted by Gasteiger charge is -2.20. The second-order valence-electron chi connectivity index (χ2n) is 7.29. The molecule has 2 aliphatic heterocycles. The number of likely N-dealkylation sites (tertiary alicyclic amines) is 1. The summed E-state index contributed by atoms with van der Waals surface area (Å²) in [5.74, 6) is 0.890. The largest absolute Gasteiger partial charge is 0.495 e. The van der Waals surface area contributed by atoms with E-state index in [2.05, 4.69) is 6.07 Å². The number of carbonyl (C=O) groups excluding carboxylic acids is 2. The van der Waals surface area contributed by atoms with E-state index in [0.29, 0.717) is 29.3 Å². The molecule has 2 aromatic carbocycles. The molecule has 0 saturated carbocycles. The van der Waals surface area contributed by atoms with E-state index in [0.717, 1.165) is 31.6 Å². The molecule has 2 aromatic rings. The zero-order valence-corrected chi connectivity index (χ0v) is 16.6. The van der Waals surface area contributed by atoms with Crippen LogP contribution in [-0.2, 0) is 4.79 Å². The standard InChI is InChI=1S/C22H23ClN2O3/c1-28-20-13-15(8-9-18(20)23)22(27)25-14-16(17-5-2-3-6-19(17)25)10-12-24-11-4-7-21(24)26/h2-3,5-6,8-9,13,16H,4,7,10-12,14H2,1H3. The number of amides is 2. The summed E-state index contributed by atoms with van der Waals surface area (Å²) >= 11 is 6.10. The van der Waals surface area contributed by atoms with Gasteiger partial charge in [0.1, 0.15) is 5.75 Å². The van der Waals surface area contributed by atoms with Crippen molar-refractivity contribution in [2.24, 2.45) is 0 Å². The van der Waals surface area contributed by atoms with Crippen molar-refractivity contribution >= 4 is 29.1 Å². The van der Waals surface area contributed by atoms with Gasteiger partial charge in [-0.05, 0) is 42.7 Å². The van der Waals surface area contributed by atoms with Gasteiger partial charge in [-0.2, -0.15) is 0 Å². The van der Waals surface area contributed by atoms with E-state index >= 15 is 0 Å². The number of fused-ring (bicyclic) bond motifs is 1.